The van der Waals surface area contributed by atoms with Crippen LogP contribution in [-0.4, -0.2) is 15.7 Å². The summed E-state index contributed by atoms with van der Waals surface area (Å²) in [6.45, 7) is 1.72. The molecule has 0 atom stereocenters. The van der Waals surface area contributed by atoms with Gasteiger partial charge in [0, 0.05) is 23.2 Å². The van der Waals surface area contributed by atoms with E-state index in [2.05, 4.69) is 20.9 Å². The summed E-state index contributed by atoms with van der Waals surface area (Å²) >= 11 is 3.10. The van der Waals surface area contributed by atoms with Gasteiger partial charge in [-0.3, -0.25) is 19.9 Å². The SMILES string of the molecule is CCC(=O)Cc1ncc(Br)cc1[N+](=O)[O-]. The van der Waals surface area contributed by atoms with Gasteiger partial charge in [0.2, 0.25) is 0 Å². The minimum absolute atomic E-state index is 0.0140. The van der Waals surface area contributed by atoms with E-state index in [1.54, 1.807) is 6.92 Å². The third kappa shape index (κ3) is 3.09. The average molecular weight is 273 g/mol. The fraction of sp³-hybridized carbons (Fsp3) is 0.333. The largest absolute Gasteiger partial charge is 0.299 e. The third-order valence-electron chi connectivity index (χ3n) is 1.87. The number of carbonyl (C=O) groups is 1. The summed E-state index contributed by atoms with van der Waals surface area (Å²) < 4.78 is 0.530. The van der Waals surface area contributed by atoms with Gasteiger partial charge in [-0.1, -0.05) is 6.92 Å². The highest BCUT2D eigenvalue weighted by Crippen LogP contribution is 2.21. The molecule has 5 nitrogen and oxygen atoms in total. The lowest BCUT2D eigenvalue weighted by Crippen LogP contribution is -2.06. The van der Waals surface area contributed by atoms with E-state index in [4.69, 9.17) is 0 Å². The molecule has 0 N–H and O–H groups in total. The number of hydrogen-bond donors (Lipinski definition) is 0. The Hall–Kier alpha value is -1.30. The lowest BCUT2D eigenvalue weighted by Gasteiger charge is -2.00. The Bertz CT molecular complexity index is 406. The summed E-state index contributed by atoms with van der Waals surface area (Å²) in [4.78, 5) is 25.2. The second kappa shape index (κ2) is 4.97. The number of aromatic nitrogens is 1. The average Bonchev–Trinajstić information content (AvgIpc) is 2.20. The lowest BCUT2D eigenvalue weighted by molar-refractivity contribution is -0.385. The van der Waals surface area contributed by atoms with E-state index < -0.39 is 4.92 Å². The minimum Gasteiger partial charge on any atom is -0.299 e. The first-order chi connectivity index (χ1) is 7.04. The van der Waals surface area contributed by atoms with Crippen molar-refractivity contribution in [3.63, 3.8) is 0 Å². The van der Waals surface area contributed by atoms with Crippen molar-refractivity contribution < 1.29 is 9.72 Å². The van der Waals surface area contributed by atoms with Crippen LogP contribution < -0.4 is 0 Å². The molecule has 0 saturated carbocycles. The number of nitrogens with zero attached hydrogens (tertiary/aromatic N) is 2. The third-order valence-corrected chi connectivity index (χ3v) is 2.30. The van der Waals surface area contributed by atoms with E-state index in [0.717, 1.165) is 0 Å². The van der Waals surface area contributed by atoms with Crippen LogP contribution in [0.4, 0.5) is 5.69 Å². The first-order valence-electron chi connectivity index (χ1n) is 4.35. The van der Waals surface area contributed by atoms with E-state index in [9.17, 15) is 14.9 Å². The van der Waals surface area contributed by atoms with Crippen molar-refractivity contribution in [3.8, 4) is 0 Å². The molecule has 0 bridgehead atoms. The van der Waals surface area contributed by atoms with Crippen LogP contribution in [0.15, 0.2) is 16.7 Å². The molecule has 1 heterocycles. The van der Waals surface area contributed by atoms with Crippen LogP contribution in [0.1, 0.15) is 19.0 Å². The summed E-state index contributed by atoms with van der Waals surface area (Å²) in [6, 6.07) is 1.35. The molecular formula is C9H9BrN2O3. The van der Waals surface area contributed by atoms with Gasteiger partial charge in [-0.2, -0.15) is 0 Å². The Morgan fingerprint density at radius 2 is 2.33 bits per heavy atom. The molecule has 0 radical (unpaired) electrons. The maximum Gasteiger partial charge on any atom is 0.292 e. The molecular weight excluding hydrogens is 264 g/mol. The molecule has 6 heteroatoms. The van der Waals surface area contributed by atoms with Crippen molar-refractivity contribution in [1.29, 1.82) is 0 Å². The predicted molar refractivity (Wildman–Crippen MR) is 57.6 cm³/mol. The van der Waals surface area contributed by atoms with Crippen molar-refractivity contribution in [2.75, 3.05) is 0 Å². The number of halogens is 1. The van der Waals surface area contributed by atoms with Crippen molar-refractivity contribution in [2.45, 2.75) is 19.8 Å². The van der Waals surface area contributed by atoms with Crippen LogP contribution in [0.5, 0.6) is 0 Å². The summed E-state index contributed by atoms with van der Waals surface area (Å²) in [5.41, 5.74) is 0.0984. The van der Waals surface area contributed by atoms with E-state index in [1.165, 1.54) is 12.3 Å². The van der Waals surface area contributed by atoms with Crippen LogP contribution in [-0.2, 0) is 11.2 Å². The number of nitro groups is 1. The molecule has 0 aromatic carbocycles. The van der Waals surface area contributed by atoms with Gasteiger partial charge in [0.15, 0.2) is 0 Å². The summed E-state index contributed by atoms with van der Waals surface area (Å²) in [5.74, 6) is -0.0621. The smallest absolute Gasteiger partial charge is 0.292 e. The van der Waals surface area contributed by atoms with Gasteiger partial charge >= 0.3 is 0 Å². The zero-order valence-corrected chi connectivity index (χ0v) is 9.65. The van der Waals surface area contributed by atoms with Crippen molar-refractivity contribution in [2.24, 2.45) is 0 Å². The summed E-state index contributed by atoms with van der Waals surface area (Å²) in [7, 11) is 0. The molecule has 0 spiro atoms. The van der Waals surface area contributed by atoms with Gasteiger partial charge in [0.25, 0.3) is 5.69 Å². The Morgan fingerprint density at radius 1 is 1.67 bits per heavy atom. The van der Waals surface area contributed by atoms with Crippen molar-refractivity contribution >= 4 is 27.4 Å². The van der Waals surface area contributed by atoms with Crippen LogP contribution in [0.3, 0.4) is 0 Å². The van der Waals surface area contributed by atoms with Crippen molar-refractivity contribution in [3.05, 3.63) is 32.5 Å². The number of hydrogen-bond acceptors (Lipinski definition) is 4. The fourth-order valence-corrected chi connectivity index (χ4v) is 1.38. The second-order valence-corrected chi connectivity index (χ2v) is 3.86. The van der Waals surface area contributed by atoms with Crippen molar-refractivity contribution in [1.82, 2.24) is 4.98 Å². The molecule has 0 aliphatic carbocycles. The molecule has 1 aromatic heterocycles. The number of Topliss-reactive ketones (excluding diaryl/α,β-unsaturated/α-hetero) is 1. The molecule has 0 fully saturated rings. The Kier molecular flexibility index (Phi) is 3.90. The number of ketones is 1. The second-order valence-electron chi connectivity index (χ2n) is 2.95. The van der Waals surface area contributed by atoms with E-state index in [1.807, 2.05) is 0 Å². The summed E-state index contributed by atoms with van der Waals surface area (Å²) in [5, 5.41) is 10.7. The molecule has 0 saturated heterocycles. The topological polar surface area (TPSA) is 73.1 Å². The molecule has 0 amide bonds. The number of rotatable bonds is 4. The minimum atomic E-state index is -0.532. The zero-order chi connectivity index (χ0) is 11.4. The highest BCUT2D eigenvalue weighted by molar-refractivity contribution is 9.10. The fourth-order valence-electron chi connectivity index (χ4n) is 1.06. The van der Waals surface area contributed by atoms with Gasteiger partial charge in [-0.15, -0.1) is 0 Å². The maximum atomic E-state index is 11.2. The molecule has 1 aromatic rings. The zero-order valence-electron chi connectivity index (χ0n) is 8.07. The highest BCUT2D eigenvalue weighted by atomic mass is 79.9. The van der Waals surface area contributed by atoms with Crippen LogP contribution >= 0.6 is 15.9 Å². The number of carbonyl (C=O) groups excluding carboxylic acids is 1. The van der Waals surface area contributed by atoms with Crippen LogP contribution in [0.25, 0.3) is 0 Å². The molecule has 0 aliphatic rings. The Labute approximate surface area is 94.8 Å². The predicted octanol–water partition coefficient (Wildman–Crippen LogP) is 2.27. The van der Waals surface area contributed by atoms with E-state index in [0.29, 0.717) is 10.9 Å². The summed E-state index contributed by atoms with van der Waals surface area (Å²) in [6.07, 6.45) is 1.82. The lowest BCUT2D eigenvalue weighted by atomic mass is 10.1. The van der Waals surface area contributed by atoms with Crippen LogP contribution in [0.2, 0.25) is 0 Å². The molecule has 1 rings (SSSR count). The van der Waals surface area contributed by atoms with Gasteiger partial charge in [-0.05, 0) is 15.9 Å². The molecule has 0 aliphatic heterocycles. The number of pyridine rings is 1. The first kappa shape index (κ1) is 11.8. The van der Waals surface area contributed by atoms with Gasteiger partial charge in [-0.25, -0.2) is 0 Å². The van der Waals surface area contributed by atoms with Crippen LogP contribution in [0, 0.1) is 10.1 Å². The van der Waals surface area contributed by atoms with Gasteiger partial charge in [0.05, 0.1) is 11.3 Å². The van der Waals surface area contributed by atoms with Gasteiger partial charge in [0.1, 0.15) is 11.5 Å². The Balaban J connectivity index is 3.06. The quantitative estimate of drug-likeness (QED) is 0.623. The normalized spacial score (nSPS) is 10.0. The maximum absolute atomic E-state index is 11.2. The first-order valence-corrected chi connectivity index (χ1v) is 5.14. The standard InChI is InChI=1S/C9H9BrN2O3/c1-2-7(13)4-8-9(12(14)15)3-6(10)5-11-8/h3,5H,2,4H2,1H3. The van der Waals surface area contributed by atoms with Gasteiger partial charge < -0.3 is 0 Å². The molecule has 80 valence electrons. The monoisotopic (exact) mass is 272 g/mol. The molecule has 0 unspecified atom stereocenters. The van der Waals surface area contributed by atoms with E-state index >= 15 is 0 Å². The van der Waals surface area contributed by atoms with E-state index in [-0.39, 0.29) is 23.6 Å². The highest BCUT2D eigenvalue weighted by Gasteiger charge is 2.17. The molecule has 15 heavy (non-hydrogen) atoms. The Morgan fingerprint density at radius 3 is 2.87 bits per heavy atom.